The average Bonchev–Trinajstić information content (AvgIpc) is 2.24. The predicted octanol–water partition coefficient (Wildman–Crippen LogP) is -0.225. The SMILES string of the molecule is CCC1(O)CN(CCN2CCOCC2)C1. The van der Waals surface area contributed by atoms with Crippen molar-refractivity contribution < 1.29 is 9.84 Å². The molecule has 0 bridgehead atoms. The van der Waals surface area contributed by atoms with E-state index in [1.54, 1.807) is 0 Å². The molecule has 0 radical (unpaired) electrons. The Kier molecular flexibility index (Phi) is 3.61. The van der Waals surface area contributed by atoms with Gasteiger partial charge in [-0.05, 0) is 6.42 Å². The van der Waals surface area contributed by atoms with E-state index in [4.69, 9.17) is 4.74 Å². The summed E-state index contributed by atoms with van der Waals surface area (Å²) in [5.74, 6) is 0. The molecule has 2 rings (SSSR count). The van der Waals surface area contributed by atoms with Crippen LogP contribution in [0.15, 0.2) is 0 Å². The standard InChI is InChI=1S/C11H22N2O2/c1-2-11(14)9-13(10-11)4-3-12-5-7-15-8-6-12/h14H,2-10H2,1H3. The minimum Gasteiger partial charge on any atom is -0.387 e. The lowest BCUT2D eigenvalue weighted by atomic mass is 9.91. The van der Waals surface area contributed by atoms with E-state index in [-0.39, 0.29) is 5.60 Å². The zero-order chi connectivity index (χ0) is 10.7. The molecule has 0 aliphatic carbocycles. The fourth-order valence-electron chi connectivity index (χ4n) is 2.28. The van der Waals surface area contributed by atoms with Gasteiger partial charge in [0.2, 0.25) is 0 Å². The zero-order valence-corrected chi connectivity index (χ0v) is 9.61. The largest absolute Gasteiger partial charge is 0.387 e. The van der Waals surface area contributed by atoms with Crippen molar-refractivity contribution in [1.29, 1.82) is 0 Å². The third kappa shape index (κ3) is 2.91. The van der Waals surface area contributed by atoms with Gasteiger partial charge in [0.1, 0.15) is 0 Å². The molecule has 0 aromatic carbocycles. The van der Waals surface area contributed by atoms with Crippen LogP contribution in [-0.4, -0.2) is 73.0 Å². The van der Waals surface area contributed by atoms with Crippen molar-refractivity contribution in [2.45, 2.75) is 18.9 Å². The quantitative estimate of drug-likeness (QED) is 0.701. The Balaban J connectivity index is 1.59. The van der Waals surface area contributed by atoms with Gasteiger partial charge in [-0.3, -0.25) is 9.80 Å². The Morgan fingerprint density at radius 3 is 2.33 bits per heavy atom. The molecule has 2 saturated heterocycles. The highest BCUT2D eigenvalue weighted by atomic mass is 16.5. The summed E-state index contributed by atoms with van der Waals surface area (Å²) in [6.45, 7) is 9.84. The minimum atomic E-state index is -0.384. The molecule has 15 heavy (non-hydrogen) atoms. The smallest absolute Gasteiger partial charge is 0.0897 e. The van der Waals surface area contributed by atoms with Crippen molar-refractivity contribution in [3.63, 3.8) is 0 Å². The Hall–Kier alpha value is -0.160. The number of ether oxygens (including phenoxy) is 1. The molecule has 0 atom stereocenters. The van der Waals surface area contributed by atoms with Crippen molar-refractivity contribution in [3.05, 3.63) is 0 Å². The van der Waals surface area contributed by atoms with Gasteiger partial charge in [0.05, 0.1) is 18.8 Å². The van der Waals surface area contributed by atoms with Crippen LogP contribution in [-0.2, 0) is 4.74 Å². The highest BCUT2D eigenvalue weighted by molar-refractivity contribution is 4.94. The van der Waals surface area contributed by atoms with Crippen LogP contribution >= 0.6 is 0 Å². The number of hydrogen-bond acceptors (Lipinski definition) is 4. The van der Waals surface area contributed by atoms with Gasteiger partial charge in [-0.1, -0.05) is 6.92 Å². The van der Waals surface area contributed by atoms with Crippen molar-refractivity contribution in [3.8, 4) is 0 Å². The number of β-amino-alcohol motifs (C(OH)–C–C–N with tert-alkyl or cyclic N) is 1. The van der Waals surface area contributed by atoms with Crippen LogP contribution in [0, 0.1) is 0 Å². The van der Waals surface area contributed by atoms with E-state index in [1.807, 2.05) is 0 Å². The fourth-order valence-corrected chi connectivity index (χ4v) is 2.28. The Labute approximate surface area is 91.8 Å². The van der Waals surface area contributed by atoms with Gasteiger partial charge in [-0.15, -0.1) is 0 Å². The van der Waals surface area contributed by atoms with Crippen molar-refractivity contribution in [2.24, 2.45) is 0 Å². The van der Waals surface area contributed by atoms with E-state index in [0.717, 1.165) is 58.9 Å². The molecule has 2 aliphatic rings. The molecule has 2 fully saturated rings. The summed E-state index contributed by atoms with van der Waals surface area (Å²) in [4.78, 5) is 4.77. The molecule has 2 aliphatic heterocycles. The molecule has 1 N–H and O–H groups in total. The second kappa shape index (κ2) is 4.78. The molecule has 2 heterocycles. The van der Waals surface area contributed by atoms with Crippen LogP contribution in [0.25, 0.3) is 0 Å². The zero-order valence-electron chi connectivity index (χ0n) is 9.61. The molecule has 4 heteroatoms. The highest BCUT2D eigenvalue weighted by Gasteiger charge is 2.38. The second-order valence-electron chi connectivity index (χ2n) is 4.74. The molecular formula is C11H22N2O2. The number of rotatable bonds is 4. The normalized spacial score (nSPS) is 27.6. The maximum absolute atomic E-state index is 9.85. The topological polar surface area (TPSA) is 35.9 Å². The Morgan fingerprint density at radius 2 is 1.73 bits per heavy atom. The summed E-state index contributed by atoms with van der Waals surface area (Å²) in [7, 11) is 0. The Bertz CT molecular complexity index is 199. The van der Waals surface area contributed by atoms with E-state index in [0.29, 0.717) is 0 Å². The first-order chi connectivity index (χ1) is 7.22. The molecule has 0 amide bonds. The predicted molar refractivity (Wildman–Crippen MR) is 58.9 cm³/mol. The number of nitrogens with zero attached hydrogens (tertiary/aromatic N) is 2. The monoisotopic (exact) mass is 214 g/mol. The van der Waals surface area contributed by atoms with E-state index in [2.05, 4.69) is 16.7 Å². The van der Waals surface area contributed by atoms with Gasteiger partial charge in [0, 0.05) is 39.3 Å². The highest BCUT2D eigenvalue weighted by Crippen LogP contribution is 2.23. The molecule has 0 aromatic rings. The number of morpholine rings is 1. The van der Waals surface area contributed by atoms with Gasteiger partial charge in [-0.2, -0.15) is 0 Å². The summed E-state index contributed by atoms with van der Waals surface area (Å²) >= 11 is 0. The fraction of sp³-hybridized carbons (Fsp3) is 1.00. The molecule has 88 valence electrons. The van der Waals surface area contributed by atoms with E-state index in [1.165, 1.54) is 0 Å². The summed E-state index contributed by atoms with van der Waals surface area (Å²) in [5.41, 5.74) is -0.384. The van der Waals surface area contributed by atoms with Crippen LogP contribution in [0.3, 0.4) is 0 Å². The lowest BCUT2D eigenvalue weighted by molar-refractivity contribution is -0.102. The lowest BCUT2D eigenvalue weighted by Crippen LogP contribution is -2.62. The molecular weight excluding hydrogens is 192 g/mol. The van der Waals surface area contributed by atoms with Crippen LogP contribution in [0.2, 0.25) is 0 Å². The molecule has 0 spiro atoms. The van der Waals surface area contributed by atoms with Gasteiger partial charge < -0.3 is 9.84 Å². The van der Waals surface area contributed by atoms with Crippen LogP contribution in [0.5, 0.6) is 0 Å². The third-order valence-corrected chi connectivity index (χ3v) is 3.53. The number of aliphatic hydroxyl groups is 1. The summed E-state index contributed by atoms with van der Waals surface area (Å²) in [5, 5.41) is 9.85. The molecule has 4 nitrogen and oxygen atoms in total. The number of hydrogen-bond donors (Lipinski definition) is 1. The van der Waals surface area contributed by atoms with E-state index in [9.17, 15) is 5.11 Å². The summed E-state index contributed by atoms with van der Waals surface area (Å²) in [6, 6.07) is 0. The lowest BCUT2D eigenvalue weighted by Gasteiger charge is -2.46. The van der Waals surface area contributed by atoms with Gasteiger partial charge >= 0.3 is 0 Å². The average molecular weight is 214 g/mol. The van der Waals surface area contributed by atoms with Crippen LogP contribution in [0.1, 0.15) is 13.3 Å². The number of likely N-dealkylation sites (tertiary alicyclic amines) is 1. The third-order valence-electron chi connectivity index (χ3n) is 3.53. The first-order valence-corrected chi connectivity index (χ1v) is 5.97. The Morgan fingerprint density at radius 1 is 1.13 bits per heavy atom. The molecule has 0 aromatic heterocycles. The van der Waals surface area contributed by atoms with Crippen molar-refractivity contribution in [2.75, 3.05) is 52.5 Å². The maximum atomic E-state index is 9.85. The van der Waals surface area contributed by atoms with Crippen LogP contribution in [0.4, 0.5) is 0 Å². The summed E-state index contributed by atoms with van der Waals surface area (Å²) in [6.07, 6.45) is 0.876. The first-order valence-electron chi connectivity index (χ1n) is 5.97. The molecule has 0 unspecified atom stereocenters. The van der Waals surface area contributed by atoms with Gasteiger partial charge in [0.15, 0.2) is 0 Å². The van der Waals surface area contributed by atoms with Crippen molar-refractivity contribution in [1.82, 2.24) is 9.80 Å². The first kappa shape index (κ1) is 11.3. The van der Waals surface area contributed by atoms with E-state index >= 15 is 0 Å². The molecule has 0 saturated carbocycles. The maximum Gasteiger partial charge on any atom is 0.0897 e. The summed E-state index contributed by atoms with van der Waals surface area (Å²) < 4.78 is 5.30. The van der Waals surface area contributed by atoms with E-state index < -0.39 is 0 Å². The van der Waals surface area contributed by atoms with Crippen molar-refractivity contribution >= 4 is 0 Å². The van der Waals surface area contributed by atoms with Crippen LogP contribution < -0.4 is 0 Å². The van der Waals surface area contributed by atoms with Gasteiger partial charge in [0.25, 0.3) is 0 Å². The minimum absolute atomic E-state index is 0.384. The second-order valence-corrected chi connectivity index (χ2v) is 4.74. The van der Waals surface area contributed by atoms with Gasteiger partial charge in [-0.25, -0.2) is 0 Å².